The number of allylic oxidation sites excluding steroid dienone is 8. The molecule has 4 N–H and O–H groups in total. The molecule has 1 aliphatic heterocycles. The second-order valence-corrected chi connectivity index (χ2v) is 20.9. The average molecular weight is 1030 g/mol. The lowest BCUT2D eigenvalue weighted by Gasteiger charge is -2.41. The average Bonchev–Trinajstić information content (AvgIpc) is 3.35. The van der Waals surface area contributed by atoms with Gasteiger partial charge in [-0.2, -0.15) is 8.42 Å². The van der Waals surface area contributed by atoms with Gasteiger partial charge in [0.1, 0.15) is 30.5 Å². The summed E-state index contributed by atoms with van der Waals surface area (Å²) in [6.45, 7) is 4.00. The molecule has 0 amide bonds. The largest absolute Gasteiger partial charge is 0.457 e. The molecular formula is C58H106O12S. The summed E-state index contributed by atoms with van der Waals surface area (Å²) in [5.41, 5.74) is 0. The normalized spacial score (nSPS) is 19.3. The maximum absolute atomic E-state index is 13.0. The molecule has 1 fully saturated rings. The molecule has 0 aromatic heterocycles. The van der Waals surface area contributed by atoms with Gasteiger partial charge in [0.05, 0.1) is 19.8 Å². The van der Waals surface area contributed by atoms with Crippen LogP contribution in [0.3, 0.4) is 0 Å². The van der Waals surface area contributed by atoms with Crippen LogP contribution in [0, 0.1) is 0 Å². The highest BCUT2D eigenvalue weighted by molar-refractivity contribution is 7.80. The van der Waals surface area contributed by atoms with Gasteiger partial charge in [-0.05, 0) is 77.0 Å². The van der Waals surface area contributed by atoms with E-state index in [0.717, 1.165) is 57.8 Å². The second-order valence-electron chi connectivity index (χ2n) is 19.9. The summed E-state index contributed by atoms with van der Waals surface area (Å²) in [5, 5.41) is 30.8. The van der Waals surface area contributed by atoms with Crippen LogP contribution in [0.2, 0.25) is 0 Å². The third kappa shape index (κ3) is 42.0. The molecule has 0 bridgehead atoms. The summed E-state index contributed by atoms with van der Waals surface area (Å²) in [6, 6.07) is 0. The summed E-state index contributed by atoms with van der Waals surface area (Å²) in [7, 11) is -5.07. The molecule has 1 saturated heterocycles. The Morgan fingerprint density at radius 2 is 0.930 bits per heavy atom. The molecule has 13 heteroatoms. The molecule has 0 saturated carbocycles. The maximum Gasteiger partial charge on any atom is 0.397 e. The summed E-state index contributed by atoms with van der Waals surface area (Å²) in [5.74, 6) is -0.402. The van der Waals surface area contributed by atoms with E-state index in [0.29, 0.717) is 13.0 Å². The molecule has 6 unspecified atom stereocenters. The Labute approximate surface area is 434 Å². The minimum atomic E-state index is -5.07. The lowest BCUT2D eigenvalue weighted by molar-refractivity contribution is -0.301. The highest BCUT2D eigenvalue weighted by atomic mass is 32.3. The number of aliphatic hydroxyl groups excluding tert-OH is 3. The molecule has 416 valence electrons. The number of esters is 1. The summed E-state index contributed by atoms with van der Waals surface area (Å²) in [6.07, 6.45) is 52.8. The summed E-state index contributed by atoms with van der Waals surface area (Å²) < 4.78 is 59.4. The number of hydrogen-bond acceptors (Lipinski definition) is 11. The van der Waals surface area contributed by atoms with Crippen LogP contribution < -0.4 is 0 Å². The van der Waals surface area contributed by atoms with E-state index in [4.69, 9.17) is 18.9 Å². The number of unbranched alkanes of at least 4 members (excludes halogenated alkanes) is 30. The van der Waals surface area contributed by atoms with Crippen molar-refractivity contribution in [1.82, 2.24) is 0 Å². The molecule has 71 heavy (non-hydrogen) atoms. The van der Waals surface area contributed by atoms with E-state index in [9.17, 15) is 33.1 Å². The van der Waals surface area contributed by atoms with E-state index >= 15 is 0 Å². The molecule has 0 spiro atoms. The Bertz CT molecular complexity index is 1420. The molecule has 12 nitrogen and oxygen atoms in total. The van der Waals surface area contributed by atoms with Crippen molar-refractivity contribution in [2.75, 3.05) is 26.4 Å². The van der Waals surface area contributed by atoms with Crippen molar-refractivity contribution in [3.05, 3.63) is 48.6 Å². The zero-order chi connectivity index (χ0) is 51.7. The van der Waals surface area contributed by atoms with Crippen LogP contribution in [0.15, 0.2) is 48.6 Å². The zero-order valence-electron chi connectivity index (χ0n) is 45.0. The van der Waals surface area contributed by atoms with Gasteiger partial charge in [0.2, 0.25) is 0 Å². The fraction of sp³-hybridized carbons (Fsp3) is 0.845. The quantitative estimate of drug-likeness (QED) is 0.0196. The highest BCUT2D eigenvalue weighted by Gasteiger charge is 2.48. The smallest absolute Gasteiger partial charge is 0.397 e. The maximum atomic E-state index is 13.0. The first-order valence-corrected chi connectivity index (χ1v) is 30.3. The fourth-order valence-electron chi connectivity index (χ4n) is 8.79. The van der Waals surface area contributed by atoms with Crippen LogP contribution in [0.5, 0.6) is 0 Å². The Morgan fingerprint density at radius 3 is 1.37 bits per heavy atom. The van der Waals surface area contributed by atoms with Crippen molar-refractivity contribution in [2.24, 2.45) is 0 Å². The van der Waals surface area contributed by atoms with Crippen LogP contribution in [-0.4, -0.2) is 97.5 Å². The summed E-state index contributed by atoms with van der Waals surface area (Å²) in [4.78, 5) is 13.0. The van der Waals surface area contributed by atoms with Crippen molar-refractivity contribution in [3.8, 4) is 0 Å². The number of ether oxygens (including phenoxy) is 4. The Hall–Kier alpha value is -1.94. The standard InChI is InChI=1S/C58H106O12S/c1-3-5-7-9-11-13-15-17-19-21-23-24-25-26-27-28-29-31-33-35-37-39-41-43-45-47-54(60)68-52(51-67-58-56(62)57(70-71(63,64)65)55(61)53(49-59)69-58)50-66-48-46-44-42-40-38-36-34-32-30-22-20-18-16-14-12-10-8-6-4-2/h15,17,20-23,25-26,52-53,55-59,61-62H,3-14,16,18-19,24,27-51H2,1-2H3,(H,63,64,65)/b17-15-,22-20-,23-21-,26-25-. The van der Waals surface area contributed by atoms with Crippen molar-refractivity contribution in [1.29, 1.82) is 0 Å². The van der Waals surface area contributed by atoms with E-state index in [1.54, 1.807) is 0 Å². The molecule has 0 aromatic carbocycles. The van der Waals surface area contributed by atoms with Gasteiger partial charge in [0, 0.05) is 13.0 Å². The number of carbonyl (C=O) groups excluding carboxylic acids is 1. The van der Waals surface area contributed by atoms with Crippen molar-refractivity contribution < 1.29 is 56.2 Å². The van der Waals surface area contributed by atoms with Gasteiger partial charge in [-0.15, -0.1) is 0 Å². The first-order valence-electron chi connectivity index (χ1n) is 28.9. The minimum Gasteiger partial charge on any atom is -0.457 e. The third-order valence-corrected chi connectivity index (χ3v) is 13.6. The van der Waals surface area contributed by atoms with Gasteiger partial charge in [-0.3, -0.25) is 9.35 Å². The Kier molecular flexibility index (Phi) is 46.3. The van der Waals surface area contributed by atoms with Crippen LogP contribution in [0.1, 0.15) is 251 Å². The number of hydrogen-bond donors (Lipinski definition) is 4. The van der Waals surface area contributed by atoms with Crippen molar-refractivity contribution in [3.63, 3.8) is 0 Å². The monoisotopic (exact) mass is 1030 g/mol. The van der Waals surface area contributed by atoms with E-state index in [1.165, 1.54) is 167 Å². The topological polar surface area (TPSA) is 178 Å². The van der Waals surface area contributed by atoms with Crippen LogP contribution >= 0.6 is 0 Å². The van der Waals surface area contributed by atoms with Gasteiger partial charge in [-0.25, -0.2) is 4.18 Å². The Morgan fingerprint density at radius 1 is 0.535 bits per heavy atom. The second kappa shape index (κ2) is 49.0. The van der Waals surface area contributed by atoms with E-state index in [1.807, 2.05) is 0 Å². The first-order chi connectivity index (χ1) is 34.6. The van der Waals surface area contributed by atoms with Crippen molar-refractivity contribution >= 4 is 16.4 Å². The third-order valence-electron chi connectivity index (χ3n) is 13.2. The van der Waals surface area contributed by atoms with Gasteiger partial charge in [-0.1, -0.05) is 217 Å². The first kappa shape index (κ1) is 67.1. The van der Waals surface area contributed by atoms with Crippen LogP contribution in [0.4, 0.5) is 0 Å². The van der Waals surface area contributed by atoms with Crippen LogP contribution in [-0.2, 0) is 38.3 Å². The van der Waals surface area contributed by atoms with E-state index in [-0.39, 0.29) is 19.6 Å². The van der Waals surface area contributed by atoms with Crippen LogP contribution in [0.25, 0.3) is 0 Å². The molecule has 0 radical (unpaired) electrons. The number of rotatable bonds is 51. The number of carbonyl (C=O) groups is 1. The van der Waals surface area contributed by atoms with Gasteiger partial charge >= 0.3 is 16.4 Å². The fourth-order valence-corrected chi connectivity index (χ4v) is 9.30. The van der Waals surface area contributed by atoms with Gasteiger partial charge in [0.15, 0.2) is 6.29 Å². The molecule has 1 aliphatic rings. The zero-order valence-corrected chi connectivity index (χ0v) is 45.9. The summed E-state index contributed by atoms with van der Waals surface area (Å²) >= 11 is 0. The predicted octanol–water partition coefficient (Wildman–Crippen LogP) is 14.3. The van der Waals surface area contributed by atoms with Crippen molar-refractivity contribution in [2.45, 2.75) is 288 Å². The molecule has 0 aliphatic carbocycles. The van der Waals surface area contributed by atoms with E-state index < -0.39 is 59.8 Å². The lowest BCUT2D eigenvalue weighted by atomic mass is 9.99. The minimum absolute atomic E-state index is 0.0327. The van der Waals surface area contributed by atoms with E-state index in [2.05, 4.69) is 66.6 Å². The number of aliphatic hydroxyl groups is 3. The molecule has 1 heterocycles. The molecule has 1 rings (SSSR count). The molecule has 6 atom stereocenters. The van der Waals surface area contributed by atoms with Gasteiger partial charge < -0.3 is 34.3 Å². The SMILES string of the molecule is CCCCCCC/C=C\C/C=C\C/C=C\CCCCCCCCCCCCC(=O)OC(COCCCCCCCCCC/C=C\CCCCCCCCC)COC1OC(CO)C(O)C(OS(=O)(=O)O)C1O. The predicted molar refractivity (Wildman–Crippen MR) is 290 cm³/mol. The molecule has 0 aromatic rings. The Balaban J connectivity index is 2.30. The molecular weight excluding hydrogens is 921 g/mol. The lowest BCUT2D eigenvalue weighted by Crippen LogP contribution is -2.60. The van der Waals surface area contributed by atoms with Gasteiger partial charge in [0.25, 0.3) is 0 Å². The highest BCUT2D eigenvalue weighted by Crippen LogP contribution is 2.26.